The Hall–Kier alpha value is -3.61. The smallest absolute Gasteiger partial charge is 0.322 e. The third-order valence-electron chi connectivity index (χ3n) is 5.61. The van der Waals surface area contributed by atoms with Gasteiger partial charge in [-0.15, -0.1) is 0 Å². The molecular weight excluding hydrogens is 394 g/mol. The van der Waals surface area contributed by atoms with Crippen molar-refractivity contribution in [2.45, 2.75) is 19.5 Å². The molecule has 0 saturated carbocycles. The first kappa shape index (κ1) is 20.7. The average molecular weight is 421 g/mol. The number of fused-ring (bicyclic) bond motifs is 1. The van der Waals surface area contributed by atoms with Crippen LogP contribution in [-0.2, 0) is 6.54 Å². The molecule has 0 saturated heterocycles. The number of amides is 2. The van der Waals surface area contributed by atoms with Gasteiger partial charge in [0.25, 0.3) is 0 Å². The molecule has 1 aliphatic rings. The summed E-state index contributed by atoms with van der Waals surface area (Å²) in [7, 11) is 4.65. The molecule has 0 bridgehead atoms. The SMILES string of the molecule is COc1cc(NC(=O)N2CCn3cccc3[C@@H]2c2ccc(C)cc2)cc(OC)c1OC. The van der Waals surface area contributed by atoms with Crippen molar-refractivity contribution >= 4 is 11.7 Å². The molecule has 1 N–H and O–H groups in total. The quantitative estimate of drug-likeness (QED) is 0.661. The van der Waals surface area contributed by atoms with Crippen molar-refractivity contribution < 1.29 is 19.0 Å². The first-order chi connectivity index (χ1) is 15.0. The van der Waals surface area contributed by atoms with Crippen LogP contribution < -0.4 is 19.5 Å². The number of anilines is 1. The number of hydrogen-bond donors (Lipinski definition) is 1. The zero-order valence-electron chi connectivity index (χ0n) is 18.2. The molecule has 1 aliphatic heterocycles. The van der Waals surface area contributed by atoms with Gasteiger partial charge in [0.05, 0.1) is 33.1 Å². The fraction of sp³-hybridized carbons (Fsp3) is 0.292. The Morgan fingerprint density at radius 1 is 0.968 bits per heavy atom. The maximum atomic E-state index is 13.4. The number of nitrogens with zero attached hydrogens (tertiary/aromatic N) is 2. The van der Waals surface area contributed by atoms with Gasteiger partial charge in [-0.2, -0.15) is 0 Å². The number of carbonyl (C=O) groups is 1. The van der Waals surface area contributed by atoms with E-state index in [1.54, 1.807) is 33.5 Å². The highest BCUT2D eigenvalue weighted by Crippen LogP contribution is 2.40. The molecule has 1 atom stereocenters. The van der Waals surface area contributed by atoms with Gasteiger partial charge in [0.15, 0.2) is 11.5 Å². The van der Waals surface area contributed by atoms with Crippen molar-refractivity contribution in [1.82, 2.24) is 9.47 Å². The Bertz CT molecular complexity index is 1050. The van der Waals surface area contributed by atoms with E-state index >= 15 is 0 Å². The zero-order chi connectivity index (χ0) is 22.0. The number of rotatable bonds is 5. The molecule has 7 nitrogen and oxygen atoms in total. The number of benzene rings is 2. The predicted molar refractivity (Wildman–Crippen MR) is 119 cm³/mol. The lowest BCUT2D eigenvalue weighted by Gasteiger charge is -2.37. The first-order valence-corrected chi connectivity index (χ1v) is 10.1. The standard InChI is InChI=1S/C24H27N3O4/c1-16-7-9-17(10-8-16)22-19-6-5-11-26(19)12-13-27(22)24(28)25-18-14-20(29-2)23(31-4)21(15-18)30-3/h5-11,14-15,22H,12-13H2,1-4H3,(H,25,28)/t22-/m0/s1. The average Bonchev–Trinajstić information content (AvgIpc) is 3.27. The molecule has 0 fully saturated rings. The van der Waals surface area contributed by atoms with E-state index in [0.29, 0.717) is 29.5 Å². The summed E-state index contributed by atoms with van der Waals surface area (Å²) < 4.78 is 18.4. The molecule has 0 aliphatic carbocycles. The molecule has 2 amide bonds. The molecule has 162 valence electrons. The summed E-state index contributed by atoms with van der Waals surface area (Å²) in [5, 5.41) is 3.01. The second kappa shape index (κ2) is 8.63. The van der Waals surface area contributed by atoms with Crippen LogP contribution in [0, 0.1) is 6.92 Å². The minimum atomic E-state index is -0.188. The molecule has 2 heterocycles. The van der Waals surface area contributed by atoms with Crippen LogP contribution in [0.2, 0.25) is 0 Å². The van der Waals surface area contributed by atoms with Crippen molar-refractivity contribution in [3.8, 4) is 17.2 Å². The van der Waals surface area contributed by atoms with Gasteiger partial charge >= 0.3 is 6.03 Å². The van der Waals surface area contributed by atoms with Crippen LogP contribution in [0.1, 0.15) is 22.9 Å². The molecule has 0 radical (unpaired) electrons. The van der Waals surface area contributed by atoms with Gasteiger partial charge in [0.2, 0.25) is 5.75 Å². The lowest BCUT2D eigenvalue weighted by molar-refractivity contribution is 0.182. The van der Waals surface area contributed by atoms with Gasteiger partial charge in [0.1, 0.15) is 0 Å². The molecular formula is C24H27N3O4. The van der Waals surface area contributed by atoms with E-state index in [9.17, 15) is 4.79 Å². The molecule has 4 rings (SSSR count). The van der Waals surface area contributed by atoms with Gasteiger partial charge in [-0.25, -0.2) is 4.79 Å². The Kier molecular flexibility index (Phi) is 5.75. The van der Waals surface area contributed by atoms with E-state index in [4.69, 9.17) is 14.2 Å². The van der Waals surface area contributed by atoms with Crippen LogP contribution >= 0.6 is 0 Å². The highest BCUT2D eigenvalue weighted by molar-refractivity contribution is 5.91. The summed E-state index contributed by atoms with van der Waals surface area (Å²) in [6.45, 7) is 3.39. The summed E-state index contributed by atoms with van der Waals surface area (Å²) in [5.74, 6) is 1.45. The van der Waals surface area contributed by atoms with Gasteiger partial charge in [0, 0.05) is 37.1 Å². The Morgan fingerprint density at radius 2 is 1.65 bits per heavy atom. The van der Waals surface area contributed by atoms with Crippen LogP contribution in [0.4, 0.5) is 10.5 Å². The maximum Gasteiger partial charge on any atom is 0.322 e. The van der Waals surface area contributed by atoms with Crippen molar-refractivity contribution in [3.05, 3.63) is 71.5 Å². The van der Waals surface area contributed by atoms with E-state index in [-0.39, 0.29) is 12.1 Å². The minimum absolute atomic E-state index is 0.175. The van der Waals surface area contributed by atoms with Crippen LogP contribution in [0.25, 0.3) is 0 Å². The molecule has 3 aromatic rings. The molecule has 0 spiro atoms. The molecule has 2 aromatic carbocycles. The summed E-state index contributed by atoms with van der Waals surface area (Å²) in [5.41, 5.74) is 3.92. The molecule has 31 heavy (non-hydrogen) atoms. The number of nitrogens with one attached hydrogen (secondary N) is 1. The van der Waals surface area contributed by atoms with E-state index < -0.39 is 0 Å². The molecule has 7 heteroatoms. The summed E-state index contributed by atoms with van der Waals surface area (Å²) >= 11 is 0. The summed E-state index contributed by atoms with van der Waals surface area (Å²) in [6.07, 6.45) is 2.06. The monoisotopic (exact) mass is 421 g/mol. The fourth-order valence-corrected chi connectivity index (χ4v) is 4.05. The van der Waals surface area contributed by atoms with Crippen LogP contribution in [0.3, 0.4) is 0 Å². The van der Waals surface area contributed by atoms with Gasteiger partial charge in [-0.05, 0) is 24.6 Å². The second-order valence-electron chi connectivity index (χ2n) is 7.48. The van der Waals surface area contributed by atoms with E-state index in [1.165, 1.54) is 5.56 Å². The second-order valence-corrected chi connectivity index (χ2v) is 7.48. The number of carbonyl (C=O) groups excluding carboxylic acids is 1. The number of hydrogen-bond acceptors (Lipinski definition) is 4. The van der Waals surface area contributed by atoms with Crippen LogP contribution in [0.15, 0.2) is 54.7 Å². The third-order valence-corrected chi connectivity index (χ3v) is 5.61. The van der Waals surface area contributed by atoms with Gasteiger partial charge in [-0.1, -0.05) is 29.8 Å². The summed E-state index contributed by atoms with van der Waals surface area (Å²) in [4.78, 5) is 15.3. The topological polar surface area (TPSA) is 65.0 Å². The first-order valence-electron chi connectivity index (χ1n) is 10.1. The van der Waals surface area contributed by atoms with Crippen molar-refractivity contribution in [2.75, 3.05) is 33.2 Å². The van der Waals surface area contributed by atoms with E-state index in [1.807, 2.05) is 11.0 Å². The minimum Gasteiger partial charge on any atom is -0.493 e. The number of urea groups is 1. The Balaban J connectivity index is 1.66. The van der Waals surface area contributed by atoms with E-state index in [0.717, 1.165) is 17.8 Å². The largest absolute Gasteiger partial charge is 0.493 e. The van der Waals surface area contributed by atoms with Crippen molar-refractivity contribution in [2.24, 2.45) is 0 Å². The van der Waals surface area contributed by atoms with Gasteiger partial charge in [-0.3, -0.25) is 0 Å². The Morgan fingerprint density at radius 3 is 2.26 bits per heavy atom. The highest BCUT2D eigenvalue weighted by atomic mass is 16.5. The number of aromatic nitrogens is 1. The van der Waals surface area contributed by atoms with E-state index in [2.05, 4.69) is 53.3 Å². The molecule has 1 aromatic heterocycles. The highest BCUT2D eigenvalue weighted by Gasteiger charge is 2.32. The number of methoxy groups -OCH3 is 3. The zero-order valence-corrected chi connectivity index (χ0v) is 18.2. The van der Waals surface area contributed by atoms with Crippen molar-refractivity contribution in [1.29, 1.82) is 0 Å². The summed E-state index contributed by atoms with van der Waals surface area (Å²) in [6, 6.07) is 15.5. The van der Waals surface area contributed by atoms with Crippen LogP contribution in [0.5, 0.6) is 17.2 Å². The third kappa shape index (κ3) is 3.91. The van der Waals surface area contributed by atoms with Crippen molar-refractivity contribution in [3.63, 3.8) is 0 Å². The predicted octanol–water partition coefficient (Wildman–Crippen LogP) is 4.46. The lowest BCUT2D eigenvalue weighted by Crippen LogP contribution is -2.44. The number of aryl methyl sites for hydroxylation is 1. The fourth-order valence-electron chi connectivity index (χ4n) is 4.05. The lowest BCUT2D eigenvalue weighted by atomic mass is 9.99. The molecule has 0 unspecified atom stereocenters. The Labute approximate surface area is 182 Å². The maximum absolute atomic E-state index is 13.4. The van der Waals surface area contributed by atoms with Crippen LogP contribution in [-0.4, -0.2) is 43.4 Å². The number of ether oxygens (including phenoxy) is 3. The normalized spacial score (nSPS) is 15.2. The van der Waals surface area contributed by atoms with Gasteiger partial charge < -0.3 is 29.0 Å².